The molecule has 2 fully saturated rings. The number of benzene rings is 1. The molecular weight excluding hydrogens is 305 g/mol. The number of halogens is 3. The van der Waals surface area contributed by atoms with E-state index in [1.807, 2.05) is 0 Å². The number of nitrogens with zero attached hydrogens (tertiary/aromatic N) is 1. The highest BCUT2D eigenvalue weighted by Gasteiger charge is 2.41. The van der Waals surface area contributed by atoms with Gasteiger partial charge in [-0.15, -0.1) is 0 Å². The Morgan fingerprint density at radius 3 is 2.05 bits per heavy atom. The fourth-order valence-electron chi connectivity index (χ4n) is 2.97. The van der Waals surface area contributed by atoms with Gasteiger partial charge in [-0.25, -0.2) is 8.42 Å². The lowest BCUT2D eigenvalue weighted by Gasteiger charge is -2.18. The average molecular weight is 320 g/mol. The Morgan fingerprint density at radius 1 is 1.05 bits per heavy atom. The molecule has 0 aliphatic carbocycles. The van der Waals surface area contributed by atoms with Crippen LogP contribution in [0.3, 0.4) is 0 Å². The summed E-state index contributed by atoms with van der Waals surface area (Å²) in [4.78, 5) is -0.0802. The molecule has 2 unspecified atom stereocenters. The van der Waals surface area contributed by atoms with Crippen molar-refractivity contribution in [1.82, 2.24) is 9.62 Å². The van der Waals surface area contributed by atoms with Crippen molar-refractivity contribution in [1.29, 1.82) is 0 Å². The van der Waals surface area contributed by atoms with Gasteiger partial charge in [0.2, 0.25) is 10.0 Å². The van der Waals surface area contributed by atoms with Crippen LogP contribution in [-0.4, -0.2) is 38.9 Å². The van der Waals surface area contributed by atoms with E-state index in [1.54, 1.807) is 0 Å². The maximum Gasteiger partial charge on any atom is 0.416 e. The lowest BCUT2D eigenvalue weighted by molar-refractivity contribution is -0.137. The largest absolute Gasteiger partial charge is 0.416 e. The normalized spacial score (nSPS) is 27.0. The smallest absolute Gasteiger partial charge is 0.316 e. The van der Waals surface area contributed by atoms with Gasteiger partial charge < -0.3 is 5.32 Å². The summed E-state index contributed by atoms with van der Waals surface area (Å²) >= 11 is 0. The summed E-state index contributed by atoms with van der Waals surface area (Å²) in [5, 5.41) is 3.21. The minimum atomic E-state index is -4.46. The molecule has 1 aromatic carbocycles. The van der Waals surface area contributed by atoms with Crippen LogP contribution in [0.4, 0.5) is 13.2 Å². The van der Waals surface area contributed by atoms with Crippen LogP contribution in [0.15, 0.2) is 29.2 Å². The molecule has 0 radical (unpaired) electrons. The van der Waals surface area contributed by atoms with Gasteiger partial charge in [0, 0.05) is 13.1 Å². The van der Waals surface area contributed by atoms with E-state index in [4.69, 9.17) is 0 Å². The summed E-state index contributed by atoms with van der Waals surface area (Å²) in [7, 11) is -3.70. The fourth-order valence-corrected chi connectivity index (χ4v) is 4.53. The molecule has 1 N–H and O–H groups in total. The topological polar surface area (TPSA) is 49.4 Å². The van der Waals surface area contributed by atoms with Gasteiger partial charge in [0.15, 0.2) is 0 Å². The van der Waals surface area contributed by atoms with Gasteiger partial charge in [0.25, 0.3) is 0 Å². The first-order chi connectivity index (χ1) is 9.78. The average Bonchev–Trinajstić information content (AvgIpc) is 2.98. The Morgan fingerprint density at radius 2 is 1.57 bits per heavy atom. The minimum absolute atomic E-state index is 0.0802. The Balaban J connectivity index is 1.82. The van der Waals surface area contributed by atoms with Crippen molar-refractivity contribution in [3.63, 3.8) is 0 Å². The molecule has 0 bridgehead atoms. The molecule has 8 heteroatoms. The van der Waals surface area contributed by atoms with Gasteiger partial charge in [-0.1, -0.05) is 0 Å². The zero-order chi connectivity index (χ0) is 15.3. The third kappa shape index (κ3) is 2.67. The van der Waals surface area contributed by atoms with Crippen molar-refractivity contribution in [3.8, 4) is 0 Å². The predicted octanol–water partition coefficient (Wildman–Crippen LogP) is 1.55. The van der Waals surface area contributed by atoms with Crippen LogP contribution in [0.1, 0.15) is 5.56 Å². The van der Waals surface area contributed by atoms with Gasteiger partial charge in [-0.3, -0.25) is 0 Å². The van der Waals surface area contributed by atoms with Crippen LogP contribution in [0, 0.1) is 11.8 Å². The highest BCUT2D eigenvalue weighted by molar-refractivity contribution is 7.89. The standard InChI is InChI=1S/C13H15F3N2O2S/c14-13(15,16)11-1-3-12(4-2-11)21(19,20)18-7-9-5-17-6-10(9)8-18/h1-4,9-10,17H,5-8H2. The molecule has 0 saturated carbocycles. The number of hydrogen-bond donors (Lipinski definition) is 1. The summed E-state index contributed by atoms with van der Waals surface area (Å²) < 4.78 is 63.8. The molecule has 2 saturated heterocycles. The highest BCUT2D eigenvalue weighted by atomic mass is 32.2. The molecule has 1 aromatic rings. The van der Waals surface area contributed by atoms with Crippen molar-refractivity contribution in [2.75, 3.05) is 26.2 Å². The predicted molar refractivity (Wildman–Crippen MR) is 70.1 cm³/mol. The monoisotopic (exact) mass is 320 g/mol. The van der Waals surface area contributed by atoms with Crippen LogP contribution < -0.4 is 5.32 Å². The van der Waals surface area contributed by atoms with Gasteiger partial charge in [0.1, 0.15) is 0 Å². The maximum atomic E-state index is 12.5. The number of fused-ring (bicyclic) bond motifs is 1. The molecule has 0 amide bonds. The van der Waals surface area contributed by atoms with Crippen LogP contribution in [0.5, 0.6) is 0 Å². The zero-order valence-electron chi connectivity index (χ0n) is 11.1. The molecule has 2 aliphatic heterocycles. The Kier molecular flexibility index (Phi) is 3.50. The quantitative estimate of drug-likeness (QED) is 0.899. The molecule has 116 valence electrons. The molecule has 0 spiro atoms. The molecule has 0 aromatic heterocycles. The number of nitrogens with one attached hydrogen (secondary N) is 1. The first kappa shape index (κ1) is 14.8. The zero-order valence-corrected chi connectivity index (χ0v) is 11.9. The third-order valence-electron chi connectivity index (χ3n) is 4.18. The Labute approximate surface area is 121 Å². The molecule has 2 atom stereocenters. The van der Waals surface area contributed by atoms with Crippen LogP contribution >= 0.6 is 0 Å². The van der Waals surface area contributed by atoms with E-state index in [2.05, 4.69) is 5.32 Å². The van der Waals surface area contributed by atoms with E-state index >= 15 is 0 Å². The van der Waals surface area contributed by atoms with E-state index < -0.39 is 21.8 Å². The van der Waals surface area contributed by atoms with E-state index in [9.17, 15) is 21.6 Å². The second-order valence-electron chi connectivity index (χ2n) is 5.52. The third-order valence-corrected chi connectivity index (χ3v) is 6.02. The second kappa shape index (κ2) is 4.96. The number of rotatable bonds is 2. The fraction of sp³-hybridized carbons (Fsp3) is 0.538. The molecule has 21 heavy (non-hydrogen) atoms. The van der Waals surface area contributed by atoms with E-state index in [0.717, 1.165) is 37.4 Å². The second-order valence-corrected chi connectivity index (χ2v) is 7.46. The van der Waals surface area contributed by atoms with E-state index in [-0.39, 0.29) is 4.90 Å². The lowest BCUT2D eigenvalue weighted by atomic mass is 10.0. The van der Waals surface area contributed by atoms with E-state index in [1.165, 1.54) is 4.31 Å². The Hall–Kier alpha value is -1.12. The van der Waals surface area contributed by atoms with Crippen LogP contribution in [0.25, 0.3) is 0 Å². The number of hydrogen-bond acceptors (Lipinski definition) is 3. The van der Waals surface area contributed by atoms with Crippen molar-refractivity contribution in [2.24, 2.45) is 11.8 Å². The summed E-state index contributed by atoms with van der Waals surface area (Å²) in [5.74, 6) is 0.600. The van der Waals surface area contributed by atoms with Gasteiger partial charge >= 0.3 is 6.18 Å². The first-order valence-corrected chi connectivity index (χ1v) is 8.10. The first-order valence-electron chi connectivity index (χ1n) is 6.66. The SMILES string of the molecule is O=S(=O)(c1ccc(C(F)(F)F)cc1)N1CC2CNCC2C1. The van der Waals surface area contributed by atoms with Gasteiger partial charge in [0.05, 0.1) is 10.5 Å². The van der Waals surface area contributed by atoms with Gasteiger partial charge in [-0.2, -0.15) is 17.5 Å². The van der Waals surface area contributed by atoms with Crippen LogP contribution in [0.2, 0.25) is 0 Å². The van der Waals surface area contributed by atoms with Gasteiger partial charge in [-0.05, 0) is 49.2 Å². The Bertz CT molecular complexity index is 616. The van der Waals surface area contributed by atoms with Crippen molar-refractivity contribution >= 4 is 10.0 Å². The molecule has 2 aliphatic rings. The number of sulfonamides is 1. The molecular formula is C13H15F3N2O2S. The summed E-state index contributed by atoms with van der Waals surface area (Å²) in [6.07, 6.45) is -4.46. The summed E-state index contributed by atoms with van der Waals surface area (Å²) in [6, 6.07) is 3.69. The van der Waals surface area contributed by atoms with Crippen LogP contribution in [-0.2, 0) is 16.2 Å². The highest BCUT2D eigenvalue weighted by Crippen LogP contribution is 2.33. The lowest BCUT2D eigenvalue weighted by Crippen LogP contribution is -2.32. The van der Waals surface area contributed by atoms with E-state index in [0.29, 0.717) is 24.9 Å². The molecule has 4 nitrogen and oxygen atoms in total. The molecule has 2 heterocycles. The van der Waals surface area contributed by atoms with Crippen molar-refractivity contribution in [2.45, 2.75) is 11.1 Å². The summed E-state index contributed by atoms with van der Waals surface area (Å²) in [6.45, 7) is 2.45. The minimum Gasteiger partial charge on any atom is -0.316 e. The number of alkyl halides is 3. The maximum absolute atomic E-state index is 12.5. The van der Waals surface area contributed by atoms with Crippen molar-refractivity contribution < 1.29 is 21.6 Å². The summed E-state index contributed by atoms with van der Waals surface area (Å²) in [5.41, 5.74) is -0.844. The molecule has 3 rings (SSSR count). The van der Waals surface area contributed by atoms with Crippen molar-refractivity contribution in [3.05, 3.63) is 29.8 Å².